The third kappa shape index (κ3) is 7.62. The number of hydrogen-bond donors (Lipinski definition) is 1. The van der Waals surface area contributed by atoms with E-state index >= 15 is 0 Å². The van der Waals surface area contributed by atoms with E-state index in [1.54, 1.807) is 0 Å². The Morgan fingerprint density at radius 3 is 2.56 bits per heavy atom. The maximum atomic E-state index is 5.32. The van der Waals surface area contributed by atoms with Crippen molar-refractivity contribution in [3.05, 3.63) is 0 Å². The maximum Gasteiger partial charge on any atom is 0.0466 e. The molecule has 0 radical (unpaired) electrons. The molecule has 0 aromatic rings. The third-order valence-electron chi connectivity index (χ3n) is 3.20. The SMILES string of the molecule is CCOCCCCNCCN1CC(C)SC(C)C1. The van der Waals surface area contributed by atoms with Crippen molar-refractivity contribution in [2.45, 2.75) is 44.1 Å². The first-order chi connectivity index (χ1) is 8.72. The minimum absolute atomic E-state index is 0.792. The molecule has 2 unspecified atom stereocenters. The number of thioether (sulfide) groups is 1. The molecular weight excluding hydrogens is 244 g/mol. The normalized spacial score (nSPS) is 25.5. The van der Waals surface area contributed by atoms with Crippen LogP contribution in [0.1, 0.15) is 33.6 Å². The number of unbranched alkanes of at least 4 members (excludes halogenated alkanes) is 1. The van der Waals surface area contributed by atoms with Crippen LogP contribution in [0.15, 0.2) is 0 Å². The Labute approximate surface area is 117 Å². The van der Waals surface area contributed by atoms with E-state index in [4.69, 9.17) is 4.74 Å². The van der Waals surface area contributed by atoms with Gasteiger partial charge in [-0.25, -0.2) is 0 Å². The molecule has 18 heavy (non-hydrogen) atoms. The van der Waals surface area contributed by atoms with Gasteiger partial charge in [-0.15, -0.1) is 0 Å². The molecule has 0 aliphatic carbocycles. The molecule has 0 saturated carbocycles. The standard InChI is InChI=1S/C14H30N2OS/c1-4-17-10-6-5-7-15-8-9-16-11-13(2)18-14(3)12-16/h13-15H,4-12H2,1-3H3. The highest BCUT2D eigenvalue weighted by atomic mass is 32.2. The van der Waals surface area contributed by atoms with Gasteiger partial charge >= 0.3 is 0 Å². The Bertz CT molecular complexity index is 194. The van der Waals surface area contributed by atoms with E-state index in [9.17, 15) is 0 Å². The average molecular weight is 274 g/mol. The summed E-state index contributed by atoms with van der Waals surface area (Å²) in [5.74, 6) is 0. The third-order valence-corrected chi connectivity index (χ3v) is 4.42. The molecule has 0 spiro atoms. The molecule has 2 atom stereocenters. The van der Waals surface area contributed by atoms with Crippen LogP contribution in [-0.2, 0) is 4.74 Å². The van der Waals surface area contributed by atoms with Crippen molar-refractivity contribution in [3.63, 3.8) is 0 Å². The molecule has 1 rings (SSSR count). The summed E-state index contributed by atoms with van der Waals surface area (Å²) in [6.07, 6.45) is 2.40. The Hall–Kier alpha value is 0.230. The van der Waals surface area contributed by atoms with E-state index in [1.807, 2.05) is 0 Å². The zero-order chi connectivity index (χ0) is 13.2. The molecule has 0 bridgehead atoms. The zero-order valence-electron chi connectivity index (χ0n) is 12.3. The van der Waals surface area contributed by atoms with Gasteiger partial charge in [-0.3, -0.25) is 4.90 Å². The van der Waals surface area contributed by atoms with Gasteiger partial charge in [-0.1, -0.05) is 13.8 Å². The lowest BCUT2D eigenvalue weighted by Gasteiger charge is -2.34. The molecule has 1 fully saturated rings. The molecule has 4 heteroatoms. The Morgan fingerprint density at radius 1 is 1.17 bits per heavy atom. The average Bonchev–Trinajstić information content (AvgIpc) is 2.31. The molecule has 1 heterocycles. The predicted octanol–water partition coefficient (Wildman–Crippen LogP) is 2.22. The molecule has 0 aromatic carbocycles. The summed E-state index contributed by atoms with van der Waals surface area (Å²) in [7, 11) is 0. The van der Waals surface area contributed by atoms with Crippen molar-refractivity contribution in [3.8, 4) is 0 Å². The first kappa shape index (κ1) is 16.3. The molecule has 108 valence electrons. The van der Waals surface area contributed by atoms with Gasteiger partial charge < -0.3 is 10.1 Å². The number of hydrogen-bond acceptors (Lipinski definition) is 4. The fourth-order valence-corrected chi connectivity index (χ4v) is 3.81. The van der Waals surface area contributed by atoms with Gasteiger partial charge in [0.2, 0.25) is 0 Å². The van der Waals surface area contributed by atoms with Crippen LogP contribution in [0.25, 0.3) is 0 Å². The Morgan fingerprint density at radius 2 is 1.89 bits per heavy atom. The number of rotatable bonds is 9. The van der Waals surface area contributed by atoms with Crippen LogP contribution in [0, 0.1) is 0 Å². The minimum atomic E-state index is 0.792. The summed E-state index contributed by atoms with van der Waals surface area (Å²) in [4.78, 5) is 2.60. The second-order valence-electron chi connectivity index (χ2n) is 5.17. The smallest absolute Gasteiger partial charge is 0.0466 e. The van der Waals surface area contributed by atoms with Gasteiger partial charge in [0.25, 0.3) is 0 Å². The van der Waals surface area contributed by atoms with Crippen LogP contribution in [0.5, 0.6) is 0 Å². The monoisotopic (exact) mass is 274 g/mol. The van der Waals surface area contributed by atoms with E-state index in [1.165, 1.54) is 32.5 Å². The van der Waals surface area contributed by atoms with Crippen molar-refractivity contribution in [1.82, 2.24) is 10.2 Å². The van der Waals surface area contributed by atoms with Crippen molar-refractivity contribution in [1.29, 1.82) is 0 Å². The van der Waals surface area contributed by atoms with Gasteiger partial charge in [0.15, 0.2) is 0 Å². The van der Waals surface area contributed by atoms with Crippen molar-refractivity contribution in [2.75, 3.05) is 45.9 Å². The van der Waals surface area contributed by atoms with Crippen LogP contribution < -0.4 is 5.32 Å². The van der Waals surface area contributed by atoms with Crippen LogP contribution in [-0.4, -0.2) is 61.3 Å². The molecule has 0 aromatic heterocycles. The van der Waals surface area contributed by atoms with E-state index in [0.717, 1.165) is 36.8 Å². The largest absolute Gasteiger partial charge is 0.382 e. The van der Waals surface area contributed by atoms with Gasteiger partial charge in [0.05, 0.1) is 0 Å². The summed E-state index contributed by atoms with van der Waals surface area (Å²) in [5, 5.41) is 5.12. The fraction of sp³-hybridized carbons (Fsp3) is 1.00. The molecule has 1 N–H and O–H groups in total. The van der Waals surface area contributed by atoms with Crippen molar-refractivity contribution >= 4 is 11.8 Å². The lowest BCUT2D eigenvalue weighted by molar-refractivity contribution is 0.143. The van der Waals surface area contributed by atoms with Crippen molar-refractivity contribution < 1.29 is 4.74 Å². The van der Waals surface area contributed by atoms with Gasteiger partial charge in [-0.05, 0) is 26.3 Å². The number of nitrogens with zero attached hydrogens (tertiary/aromatic N) is 1. The van der Waals surface area contributed by atoms with Crippen LogP contribution in [0.4, 0.5) is 0 Å². The Kier molecular flexibility index (Phi) is 9.11. The summed E-state index contributed by atoms with van der Waals surface area (Å²) in [6.45, 7) is 14.4. The summed E-state index contributed by atoms with van der Waals surface area (Å²) in [5.41, 5.74) is 0. The van der Waals surface area contributed by atoms with Crippen molar-refractivity contribution in [2.24, 2.45) is 0 Å². The van der Waals surface area contributed by atoms with Crippen LogP contribution in [0.2, 0.25) is 0 Å². The zero-order valence-corrected chi connectivity index (χ0v) is 13.1. The summed E-state index contributed by atoms with van der Waals surface area (Å²) >= 11 is 2.12. The summed E-state index contributed by atoms with van der Waals surface area (Å²) < 4.78 is 5.32. The van der Waals surface area contributed by atoms with Crippen LogP contribution in [0.3, 0.4) is 0 Å². The topological polar surface area (TPSA) is 24.5 Å². The number of ether oxygens (including phenoxy) is 1. The lowest BCUT2D eigenvalue weighted by atomic mass is 10.3. The van der Waals surface area contributed by atoms with Gasteiger partial charge in [-0.2, -0.15) is 11.8 Å². The number of nitrogens with one attached hydrogen (secondary N) is 1. The van der Waals surface area contributed by atoms with E-state index in [0.29, 0.717) is 0 Å². The highest BCUT2D eigenvalue weighted by molar-refractivity contribution is 8.00. The van der Waals surface area contributed by atoms with E-state index in [2.05, 4.69) is 42.7 Å². The summed E-state index contributed by atoms with van der Waals surface area (Å²) in [6, 6.07) is 0. The molecule has 1 saturated heterocycles. The molecule has 0 amide bonds. The lowest BCUT2D eigenvalue weighted by Crippen LogP contribution is -2.43. The molecule has 1 aliphatic heterocycles. The van der Waals surface area contributed by atoms with Crippen LogP contribution >= 0.6 is 11.8 Å². The second kappa shape index (κ2) is 10.1. The van der Waals surface area contributed by atoms with Gasteiger partial charge in [0.1, 0.15) is 0 Å². The Balaban J connectivity index is 1.91. The highest BCUT2D eigenvalue weighted by Crippen LogP contribution is 2.24. The first-order valence-corrected chi connectivity index (χ1v) is 8.33. The minimum Gasteiger partial charge on any atom is -0.382 e. The first-order valence-electron chi connectivity index (χ1n) is 7.38. The fourth-order valence-electron chi connectivity index (χ4n) is 2.43. The highest BCUT2D eigenvalue weighted by Gasteiger charge is 2.21. The molecule has 3 nitrogen and oxygen atoms in total. The van der Waals surface area contributed by atoms with Gasteiger partial charge in [0, 0.05) is 49.9 Å². The maximum absolute atomic E-state index is 5.32. The molecular formula is C14H30N2OS. The quantitative estimate of drug-likeness (QED) is 0.652. The van der Waals surface area contributed by atoms with E-state index in [-0.39, 0.29) is 0 Å². The predicted molar refractivity (Wildman–Crippen MR) is 81.6 cm³/mol. The van der Waals surface area contributed by atoms with E-state index < -0.39 is 0 Å². The molecule has 1 aliphatic rings. The second-order valence-corrected chi connectivity index (χ2v) is 7.05.